The summed E-state index contributed by atoms with van der Waals surface area (Å²) < 4.78 is 0. The van der Waals surface area contributed by atoms with Crippen molar-refractivity contribution >= 4 is 11.7 Å². The normalized spacial score (nSPS) is 12.6. The van der Waals surface area contributed by atoms with Crippen molar-refractivity contribution in [2.75, 3.05) is 13.1 Å². The Morgan fingerprint density at radius 1 is 0.917 bits per heavy atom. The second-order valence-electron chi connectivity index (χ2n) is 9.05. The van der Waals surface area contributed by atoms with E-state index in [4.69, 9.17) is 11.1 Å². The lowest BCUT2D eigenvalue weighted by atomic mass is 10.0. The summed E-state index contributed by atoms with van der Waals surface area (Å²) in [5, 5.41) is 27.1. The van der Waals surface area contributed by atoms with E-state index >= 15 is 0 Å². The Hall–Kier alpha value is -3.68. The van der Waals surface area contributed by atoms with E-state index in [1.54, 1.807) is 24.3 Å². The fraction of sp³-hybridized carbons (Fsp3) is 0.310. The number of amides is 1. The topological polar surface area (TPSA) is 123 Å². The number of nitrogen functional groups attached to an aromatic ring is 1. The van der Waals surface area contributed by atoms with Gasteiger partial charge in [-0.25, -0.2) is 0 Å². The van der Waals surface area contributed by atoms with Gasteiger partial charge in [0.1, 0.15) is 11.6 Å². The first-order chi connectivity index (χ1) is 17.4. The van der Waals surface area contributed by atoms with Crippen LogP contribution in [0, 0.1) is 5.41 Å². The summed E-state index contributed by atoms with van der Waals surface area (Å²) in [5.74, 6) is 0.248. The molecule has 7 N–H and O–H groups in total. The van der Waals surface area contributed by atoms with Crippen molar-refractivity contribution in [1.82, 2.24) is 16.0 Å². The van der Waals surface area contributed by atoms with Crippen molar-refractivity contribution < 1.29 is 9.90 Å². The minimum Gasteiger partial charge on any atom is -0.508 e. The number of aryl methyl sites for hydroxylation is 1. The van der Waals surface area contributed by atoms with Crippen LogP contribution >= 0.6 is 0 Å². The monoisotopic (exact) mass is 487 g/mol. The summed E-state index contributed by atoms with van der Waals surface area (Å²) in [6.45, 7) is 3.73. The van der Waals surface area contributed by atoms with Crippen molar-refractivity contribution in [3.63, 3.8) is 0 Å². The molecule has 0 aliphatic rings. The molecule has 2 atom stereocenters. The van der Waals surface area contributed by atoms with Crippen molar-refractivity contribution in [2.24, 2.45) is 5.73 Å². The van der Waals surface area contributed by atoms with Gasteiger partial charge in [-0.3, -0.25) is 10.2 Å². The Bertz CT molecular complexity index is 1100. The number of carbonyl (C=O) groups is 1. The van der Waals surface area contributed by atoms with E-state index in [2.05, 4.69) is 40.2 Å². The Morgan fingerprint density at radius 2 is 1.64 bits per heavy atom. The predicted molar refractivity (Wildman–Crippen MR) is 145 cm³/mol. The molecule has 1 amide bonds. The first kappa shape index (κ1) is 26.9. The van der Waals surface area contributed by atoms with Crippen LogP contribution < -0.4 is 21.7 Å². The Morgan fingerprint density at radius 3 is 2.33 bits per heavy atom. The Labute approximate surface area is 213 Å². The number of nitrogens with two attached hydrogens (primary N) is 1. The molecule has 7 nitrogen and oxygen atoms in total. The number of hydrogen-bond acceptors (Lipinski definition) is 5. The SMILES string of the molecule is C[C@H](NC[C@@H](CCc1ccccc1)NCCc1cccc(O)c1)C(=O)NCc1ccc(C(=N)N)cc1. The highest BCUT2D eigenvalue weighted by molar-refractivity contribution is 5.94. The number of benzene rings is 3. The minimum atomic E-state index is -0.339. The molecule has 3 rings (SSSR count). The zero-order valence-corrected chi connectivity index (χ0v) is 20.8. The number of amidine groups is 1. The van der Waals surface area contributed by atoms with Gasteiger partial charge in [-0.05, 0) is 61.6 Å². The number of hydrogen-bond donors (Lipinski definition) is 6. The number of nitrogens with one attached hydrogen (secondary N) is 4. The number of rotatable bonds is 14. The average Bonchev–Trinajstić information content (AvgIpc) is 2.89. The molecule has 0 unspecified atom stereocenters. The third-order valence-corrected chi connectivity index (χ3v) is 6.18. The molecule has 190 valence electrons. The highest BCUT2D eigenvalue weighted by Crippen LogP contribution is 2.11. The Balaban J connectivity index is 1.48. The van der Waals surface area contributed by atoms with Crippen LogP contribution in [0.25, 0.3) is 0 Å². The first-order valence-corrected chi connectivity index (χ1v) is 12.4. The third-order valence-electron chi connectivity index (χ3n) is 6.18. The molecule has 0 aromatic heterocycles. The molecule has 0 bridgehead atoms. The molecule has 0 saturated carbocycles. The molecule has 0 heterocycles. The maximum atomic E-state index is 12.6. The highest BCUT2D eigenvalue weighted by atomic mass is 16.3. The van der Waals surface area contributed by atoms with Gasteiger partial charge < -0.3 is 26.8 Å². The van der Waals surface area contributed by atoms with Gasteiger partial charge in [0.15, 0.2) is 0 Å². The van der Waals surface area contributed by atoms with Crippen LogP contribution in [0.5, 0.6) is 5.75 Å². The van der Waals surface area contributed by atoms with Crippen LogP contribution in [-0.2, 0) is 24.2 Å². The quantitative estimate of drug-likeness (QED) is 0.154. The summed E-state index contributed by atoms with van der Waals surface area (Å²) in [4.78, 5) is 12.6. The van der Waals surface area contributed by atoms with Crippen LogP contribution in [0.4, 0.5) is 0 Å². The summed E-state index contributed by atoms with van der Waals surface area (Å²) in [5.41, 5.74) is 9.49. The van der Waals surface area contributed by atoms with Crippen LogP contribution in [-0.4, -0.2) is 42.0 Å². The molecule has 0 radical (unpaired) electrons. The first-order valence-electron chi connectivity index (χ1n) is 12.4. The fourth-order valence-corrected chi connectivity index (χ4v) is 3.95. The van der Waals surface area contributed by atoms with Crippen LogP contribution in [0.2, 0.25) is 0 Å². The van der Waals surface area contributed by atoms with Gasteiger partial charge in [0, 0.05) is 24.7 Å². The maximum Gasteiger partial charge on any atom is 0.237 e. The standard InChI is InChI=1S/C29H37N5O2/c1-21(29(36)34-19-24-10-13-25(14-11-24)28(30)31)33-20-26(15-12-22-6-3-2-4-7-22)32-17-16-23-8-5-9-27(35)18-23/h2-11,13-14,18,21,26,32-33,35H,12,15-17,19-20H2,1H3,(H3,30,31)(H,34,36)/t21-,26+/m0/s1. The van der Waals surface area contributed by atoms with Crippen LogP contribution in [0.15, 0.2) is 78.9 Å². The third kappa shape index (κ3) is 9.17. The summed E-state index contributed by atoms with van der Waals surface area (Å²) >= 11 is 0. The zero-order valence-electron chi connectivity index (χ0n) is 20.8. The molecule has 0 aliphatic carbocycles. The molecule has 0 spiro atoms. The summed E-state index contributed by atoms with van der Waals surface area (Å²) in [7, 11) is 0. The van der Waals surface area contributed by atoms with Gasteiger partial charge in [0.25, 0.3) is 0 Å². The van der Waals surface area contributed by atoms with Crippen LogP contribution in [0.1, 0.15) is 35.6 Å². The van der Waals surface area contributed by atoms with E-state index in [-0.39, 0.29) is 29.6 Å². The van der Waals surface area contributed by atoms with Crippen LogP contribution in [0.3, 0.4) is 0 Å². The van der Waals surface area contributed by atoms with Gasteiger partial charge >= 0.3 is 0 Å². The van der Waals surface area contributed by atoms with E-state index in [9.17, 15) is 9.90 Å². The number of carbonyl (C=O) groups excluding carboxylic acids is 1. The lowest BCUT2D eigenvalue weighted by molar-refractivity contribution is -0.122. The van der Waals surface area contributed by atoms with Gasteiger partial charge in [-0.2, -0.15) is 0 Å². The molecule has 0 aliphatic heterocycles. The molecule has 3 aromatic rings. The second kappa shape index (κ2) is 14.0. The lowest BCUT2D eigenvalue weighted by Gasteiger charge is -2.22. The number of phenols is 1. The molecule has 7 heteroatoms. The van der Waals surface area contributed by atoms with Gasteiger partial charge in [0.05, 0.1) is 6.04 Å². The number of phenolic OH excluding ortho intramolecular Hbond substituents is 1. The molecular formula is C29H37N5O2. The van der Waals surface area contributed by atoms with Gasteiger partial charge in [0.2, 0.25) is 5.91 Å². The summed E-state index contributed by atoms with van der Waals surface area (Å²) in [6.07, 6.45) is 2.70. The maximum absolute atomic E-state index is 12.6. The fourth-order valence-electron chi connectivity index (χ4n) is 3.95. The van der Waals surface area contributed by atoms with Crippen molar-refractivity contribution in [3.8, 4) is 5.75 Å². The van der Waals surface area contributed by atoms with Gasteiger partial charge in [-0.15, -0.1) is 0 Å². The Kier molecular flexibility index (Phi) is 10.5. The largest absolute Gasteiger partial charge is 0.508 e. The molecular weight excluding hydrogens is 450 g/mol. The highest BCUT2D eigenvalue weighted by Gasteiger charge is 2.15. The lowest BCUT2D eigenvalue weighted by Crippen LogP contribution is -2.48. The van der Waals surface area contributed by atoms with E-state index in [1.807, 2.05) is 37.3 Å². The van der Waals surface area contributed by atoms with E-state index < -0.39 is 0 Å². The second-order valence-corrected chi connectivity index (χ2v) is 9.05. The minimum absolute atomic E-state index is 0.0285. The zero-order chi connectivity index (χ0) is 25.8. The van der Waals surface area contributed by atoms with E-state index in [0.717, 1.165) is 36.9 Å². The average molecular weight is 488 g/mol. The molecule has 3 aromatic carbocycles. The van der Waals surface area contributed by atoms with Crippen molar-refractivity contribution in [2.45, 2.75) is 44.8 Å². The number of aromatic hydroxyl groups is 1. The molecule has 36 heavy (non-hydrogen) atoms. The predicted octanol–water partition coefficient (Wildman–Crippen LogP) is 3.10. The van der Waals surface area contributed by atoms with Gasteiger partial charge in [-0.1, -0.05) is 66.7 Å². The smallest absolute Gasteiger partial charge is 0.237 e. The van der Waals surface area contributed by atoms with E-state index in [0.29, 0.717) is 18.7 Å². The molecule has 0 fully saturated rings. The summed E-state index contributed by atoms with van der Waals surface area (Å²) in [6, 6.07) is 24.9. The van der Waals surface area contributed by atoms with Crippen molar-refractivity contribution in [3.05, 3.63) is 101 Å². The van der Waals surface area contributed by atoms with Crippen molar-refractivity contribution in [1.29, 1.82) is 5.41 Å². The molecule has 0 saturated heterocycles. The van der Waals surface area contributed by atoms with E-state index in [1.165, 1.54) is 5.56 Å².